The summed E-state index contributed by atoms with van der Waals surface area (Å²) in [7, 11) is 0. The van der Waals surface area contributed by atoms with Crippen LogP contribution in [-0.4, -0.2) is 37.2 Å². The first-order valence-electron chi connectivity index (χ1n) is 12.1. The van der Waals surface area contributed by atoms with E-state index in [9.17, 15) is 22.8 Å². The standard InChI is InChI=1S/C29H30F3NO5/c1-5-36-27(35)28(3,4)38-25-15-14-24(18-19(25)2)37-17-16-33-26(34)22-8-6-20(7-9-22)21-10-12-23(13-11-21)29(30,31)32/h6-15,18H,5,16-17H2,1-4H3,(H,33,34). The number of halogens is 3. The average Bonchev–Trinajstić information content (AvgIpc) is 2.88. The normalized spacial score (nSPS) is 11.6. The van der Waals surface area contributed by atoms with Crippen molar-refractivity contribution in [1.82, 2.24) is 5.32 Å². The fourth-order valence-corrected chi connectivity index (χ4v) is 3.55. The maximum absolute atomic E-state index is 12.7. The van der Waals surface area contributed by atoms with E-state index in [0.717, 1.165) is 17.7 Å². The van der Waals surface area contributed by atoms with Crippen molar-refractivity contribution < 1.29 is 37.0 Å². The molecule has 1 amide bonds. The first-order valence-corrected chi connectivity index (χ1v) is 12.1. The summed E-state index contributed by atoms with van der Waals surface area (Å²) in [4.78, 5) is 24.5. The van der Waals surface area contributed by atoms with Gasteiger partial charge in [-0.05, 0) is 86.8 Å². The second-order valence-corrected chi connectivity index (χ2v) is 9.02. The molecule has 202 valence electrons. The van der Waals surface area contributed by atoms with Crippen LogP contribution in [0, 0.1) is 6.92 Å². The Hall–Kier alpha value is -4.01. The van der Waals surface area contributed by atoms with Gasteiger partial charge in [-0.2, -0.15) is 13.2 Å². The van der Waals surface area contributed by atoms with Gasteiger partial charge in [0, 0.05) is 5.56 Å². The van der Waals surface area contributed by atoms with Crippen LogP contribution in [0.1, 0.15) is 42.3 Å². The molecule has 0 aliphatic heterocycles. The van der Waals surface area contributed by atoms with Crippen LogP contribution in [-0.2, 0) is 15.7 Å². The lowest BCUT2D eigenvalue weighted by atomic mass is 10.0. The highest BCUT2D eigenvalue weighted by Crippen LogP contribution is 2.31. The maximum Gasteiger partial charge on any atom is 0.416 e. The summed E-state index contributed by atoms with van der Waals surface area (Å²) < 4.78 is 54.8. The molecular formula is C29H30F3NO5. The minimum atomic E-state index is -4.39. The van der Waals surface area contributed by atoms with E-state index in [2.05, 4.69) is 5.32 Å². The number of carbonyl (C=O) groups excluding carboxylic acids is 2. The number of nitrogens with one attached hydrogen (secondary N) is 1. The van der Waals surface area contributed by atoms with Gasteiger partial charge in [0.25, 0.3) is 5.91 Å². The maximum atomic E-state index is 12.7. The quantitative estimate of drug-likeness (QED) is 0.250. The molecule has 0 atom stereocenters. The molecule has 38 heavy (non-hydrogen) atoms. The van der Waals surface area contributed by atoms with E-state index in [0.29, 0.717) is 28.2 Å². The molecule has 3 aromatic rings. The zero-order valence-corrected chi connectivity index (χ0v) is 21.6. The molecule has 3 aromatic carbocycles. The molecule has 0 unspecified atom stereocenters. The number of hydrogen-bond acceptors (Lipinski definition) is 5. The van der Waals surface area contributed by atoms with Crippen LogP contribution in [0.15, 0.2) is 66.7 Å². The van der Waals surface area contributed by atoms with Crippen LogP contribution in [0.5, 0.6) is 11.5 Å². The summed E-state index contributed by atoms with van der Waals surface area (Å²) in [6.07, 6.45) is -4.39. The molecule has 0 aliphatic carbocycles. The van der Waals surface area contributed by atoms with Gasteiger partial charge in [0.05, 0.1) is 18.7 Å². The molecular weight excluding hydrogens is 499 g/mol. The van der Waals surface area contributed by atoms with E-state index in [4.69, 9.17) is 14.2 Å². The molecule has 0 heterocycles. The Balaban J connectivity index is 1.49. The number of alkyl halides is 3. The van der Waals surface area contributed by atoms with Crippen molar-refractivity contribution in [3.8, 4) is 22.6 Å². The molecule has 0 fully saturated rings. The van der Waals surface area contributed by atoms with Crippen LogP contribution in [0.3, 0.4) is 0 Å². The Labute approximate surface area is 219 Å². The average molecular weight is 530 g/mol. The zero-order valence-electron chi connectivity index (χ0n) is 21.6. The van der Waals surface area contributed by atoms with E-state index in [1.807, 2.05) is 6.92 Å². The predicted molar refractivity (Wildman–Crippen MR) is 137 cm³/mol. The van der Waals surface area contributed by atoms with Gasteiger partial charge in [0.15, 0.2) is 5.60 Å². The fraction of sp³-hybridized carbons (Fsp3) is 0.310. The number of rotatable bonds is 10. The van der Waals surface area contributed by atoms with Crippen molar-refractivity contribution in [3.63, 3.8) is 0 Å². The van der Waals surface area contributed by atoms with Gasteiger partial charge in [0.2, 0.25) is 0 Å². The second kappa shape index (κ2) is 12.0. The number of benzene rings is 3. The number of aryl methyl sites for hydroxylation is 1. The smallest absolute Gasteiger partial charge is 0.416 e. The van der Waals surface area contributed by atoms with Crippen molar-refractivity contribution >= 4 is 11.9 Å². The molecule has 0 aromatic heterocycles. The Morgan fingerprint density at radius 1 is 0.895 bits per heavy atom. The number of esters is 1. The number of hydrogen-bond donors (Lipinski definition) is 1. The molecule has 9 heteroatoms. The minimum Gasteiger partial charge on any atom is -0.492 e. The molecule has 0 saturated carbocycles. The van der Waals surface area contributed by atoms with Crippen LogP contribution in [0.2, 0.25) is 0 Å². The lowest BCUT2D eigenvalue weighted by Crippen LogP contribution is -2.39. The van der Waals surface area contributed by atoms with Gasteiger partial charge in [-0.1, -0.05) is 24.3 Å². The van der Waals surface area contributed by atoms with Gasteiger partial charge < -0.3 is 19.5 Å². The van der Waals surface area contributed by atoms with Crippen molar-refractivity contribution in [1.29, 1.82) is 0 Å². The molecule has 6 nitrogen and oxygen atoms in total. The van der Waals surface area contributed by atoms with E-state index in [1.165, 1.54) is 12.1 Å². The predicted octanol–water partition coefficient (Wildman–Crippen LogP) is 6.21. The first kappa shape index (κ1) is 28.6. The summed E-state index contributed by atoms with van der Waals surface area (Å²) in [5, 5.41) is 2.77. The summed E-state index contributed by atoms with van der Waals surface area (Å²) in [6, 6.07) is 16.7. The lowest BCUT2D eigenvalue weighted by Gasteiger charge is -2.25. The van der Waals surface area contributed by atoms with Crippen LogP contribution >= 0.6 is 0 Å². The Morgan fingerprint density at radius 2 is 1.50 bits per heavy atom. The van der Waals surface area contributed by atoms with Crippen molar-refractivity contribution in [2.24, 2.45) is 0 Å². The van der Waals surface area contributed by atoms with Gasteiger partial charge in [0.1, 0.15) is 18.1 Å². The third kappa shape index (κ3) is 7.50. The zero-order chi connectivity index (χ0) is 27.9. The summed E-state index contributed by atoms with van der Waals surface area (Å²) in [5.74, 6) is 0.362. The SMILES string of the molecule is CCOC(=O)C(C)(C)Oc1ccc(OCCNC(=O)c2ccc(-c3ccc(C(F)(F)F)cc3)cc2)cc1C. The molecule has 0 aliphatic rings. The topological polar surface area (TPSA) is 73.9 Å². The molecule has 0 bridgehead atoms. The molecule has 0 spiro atoms. The van der Waals surface area contributed by atoms with Crippen LogP contribution in [0.4, 0.5) is 13.2 Å². The molecule has 0 radical (unpaired) electrons. The number of carbonyl (C=O) groups is 2. The van der Waals surface area contributed by atoms with Crippen molar-refractivity contribution in [2.45, 2.75) is 39.5 Å². The van der Waals surface area contributed by atoms with Gasteiger partial charge in [-0.15, -0.1) is 0 Å². The van der Waals surface area contributed by atoms with E-state index >= 15 is 0 Å². The highest BCUT2D eigenvalue weighted by molar-refractivity contribution is 5.94. The fourth-order valence-electron chi connectivity index (χ4n) is 3.55. The van der Waals surface area contributed by atoms with Gasteiger partial charge in [-0.25, -0.2) is 4.79 Å². The monoisotopic (exact) mass is 529 g/mol. The third-order valence-electron chi connectivity index (χ3n) is 5.63. The summed E-state index contributed by atoms with van der Waals surface area (Å²) in [6.45, 7) is 7.59. The Bertz CT molecular complexity index is 1250. The number of amides is 1. The minimum absolute atomic E-state index is 0.226. The number of ether oxygens (including phenoxy) is 3. The van der Waals surface area contributed by atoms with Crippen LogP contribution < -0.4 is 14.8 Å². The molecule has 0 saturated heterocycles. The lowest BCUT2D eigenvalue weighted by molar-refractivity contribution is -0.158. The molecule has 1 N–H and O–H groups in total. The Kier molecular flexibility index (Phi) is 9.04. The highest BCUT2D eigenvalue weighted by Gasteiger charge is 2.32. The largest absolute Gasteiger partial charge is 0.492 e. The van der Waals surface area contributed by atoms with Crippen molar-refractivity contribution in [2.75, 3.05) is 19.8 Å². The van der Waals surface area contributed by atoms with Gasteiger partial charge >= 0.3 is 12.1 Å². The van der Waals surface area contributed by atoms with E-state index < -0.39 is 23.3 Å². The Morgan fingerprint density at radius 3 is 2.05 bits per heavy atom. The van der Waals surface area contributed by atoms with E-state index in [1.54, 1.807) is 63.2 Å². The highest BCUT2D eigenvalue weighted by atomic mass is 19.4. The first-order chi connectivity index (χ1) is 17.9. The van der Waals surface area contributed by atoms with Crippen molar-refractivity contribution in [3.05, 3.63) is 83.4 Å². The molecule has 3 rings (SSSR count). The van der Waals surface area contributed by atoms with Crippen LogP contribution in [0.25, 0.3) is 11.1 Å². The second-order valence-electron chi connectivity index (χ2n) is 9.02. The van der Waals surface area contributed by atoms with Gasteiger partial charge in [-0.3, -0.25) is 4.79 Å². The van der Waals surface area contributed by atoms with E-state index in [-0.39, 0.29) is 25.7 Å². The third-order valence-corrected chi connectivity index (χ3v) is 5.63. The summed E-state index contributed by atoms with van der Waals surface area (Å²) in [5.41, 5.74) is 0.668. The summed E-state index contributed by atoms with van der Waals surface area (Å²) >= 11 is 0.